The van der Waals surface area contributed by atoms with Crippen LogP contribution in [0.4, 0.5) is 0 Å². The monoisotopic (exact) mass is 510 g/mol. The lowest BCUT2D eigenvalue weighted by atomic mass is 10.1. The van der Waals surface area contributed by atoms with Crippen LogP contribution in [0, 0.1) is 0 Å². The number of thioether (sulfide) groups is 1. The summed E-state index contributed by atoms with van der Waals surface area (Å²) in [5.74, 6) is 0.715. The second-order valence-electron chi connectivity index (χ2n) is 7.23. The number of carbonyl (C=O) groups is 2. The topological polar surface area (TPSA) is 49.4 Å². The smallest absolute Gasteiger partial charge is 0.242 e. The average Bonchev–Trinajstić information content (AvgIpc) is 2.72. The van der Waals surface area contributed by atoms with Gasteiger partial charge in [-0.15, -0.1) is 11.8 Å². The highest BCUT2D eigenvalue weighted by atomic mass is 79.9. The van der Waals surface area contributed by atoms with Crippen molar-refractivity contribution in [2.24, 2.45) is 0 Å². The molecule has 0 aliphatic carbocycles. The second kappa shape index (κ2) is 12.4. The van der Waals surface area contributed by atoms with Gasteiger partial charge in [0, 0.05) is 27.8 Å². The van der Waals surface area contributed by atoms with Crippen LogP contribution in [0.3, 0.4) is 0 Å². The quantitative estimate of drug-likeness (QED) is 0.447. The van der Waals surface area contributed by atoms with Gasteiger partial charge in [-0.25, -0.2) is 0 Å². The van der Waals surface area contributed by atoms with E-state index >= 15 is 0 Å². The molecule has 2 aromatic carbocycles. The molecular weight excluding hydrogens is 484 g/mol. The zero-order valence-corrected chi connectivity index (χ0v) is 20.7. The van der Waals surface area contributed by atoms with Gasteiger partial charge in [0.15, 0.2) is 0 Å². The van der Waals surface area contributed by atoms with Crippen molar-refractivity contribution in [3.63, 3.8) is 0 Å². The minimum atomic E-state index is -0.564. The summed E-state index contributed by atoms with van der Waals surface area (Å²) in [6, 6.07) is 14.9. The maximum Gasteiger partial charge on any atom is 0.242 e. The largest absolute Gasteiger partial charge is 0.352 e. The standard InChI is InChI=1S/C23H28BrClN2O2S/c1-4-16(2)26-23(29)17(3)27(13-18-8-7-10-20(24)12-18)22(28)15-30-14-19-9-5-6-11-21(19)25/h5-12,16-17H,4,13-15H2,1-3H3,(H,26,29). The molecule has 0 saturated carbocycles. The first-order valence-electron chi connectivity index (χ1n) is 9.97. The SMILES string of the molecule is CCC(C)NC(=O)C(C)N(Cc1cccc(Br)c1)C(=O)CSCc1ccccc1Cl. The van der Waals surface area contributed by atoms with E-state index in [-0.39, 0.29) is 23.6 Å². The molecule has 0 aliphatic heterocycles. The molecule has 2 rings (SSSR count). The van der Waals surface area contributed by atoms with Crippen LogP contribution in [0.15, 0.2) is 53.0 Å². The molecule has 162 valence electrons. The summed E-state index contributed by atoms with van der Waals surface area (Å²) in [6.45, 7) is 6.14. The molecule has 0 bridgehead atoms. The van der Waals surface area contributed by atoms with Gasteiger partial charge in [-0.1, -0.05) is 64.8 Å². The van der Waals surface area contributed by atoms with Gasteiger partial charge in [-0.2, -0.15) is 0 Å². The fourth-order valence-corrected chi connectivity index (χ4v) is 4.47. The van der Waals surface area contributed by atoms with E-state index in [0.29, 0.717) is 17.3 Å². The molecule has 0 fully saturated rings. The Balaban J connectivity index is 2.09. The van der Waals surface area contributed by atoms with Crippen LogP contribution in [0.1, 0.15) is 38.3 Å². The third kappa shape index (κ3) is 7.64. The van der Waals surface area contributed by atoms with Crippen molar-refractivity contribution in [1.29, 1.82) is 0 Å². The lowest BCUT2D eigenvalue weighted by Crippen LogP contribution is -2.50. The Bertz CT molecular complexity index is 865. The van der Waals surface area contributed by atoms with Crippen molar-refractivity contribution >= 4 is 51.1 Å². The van der Waals surface area contributed by atoms with E-state index in [1.54, 1.807) is 11.8 Å². The Labute approximate surface area is 196 Å². The van der Waals surface area contributed by atoms with Crippen LogP contribution in [-0.4, -0.2) is 34.6 Å². The first-order valence-corrected chi connectivity index (χ1v) is 12.3. The molecule has 0 radical (unpaired) electrons. The van der Waals surface area contributed by atoms with Crippen molar-refractivity contribution in [2.45, 2.75) is 51.6 Å². The lowest BCUT2D eigenvalue weighted by Gasteiger charge is -2.29. The molecule has 2 amide bonds. The molecule has 0 aromatic heterocycles. The highest BCUT2D eigenvalue weighted by molar-refractivity contribution is 9.10. The van der Waals surface area contributed by atoms with Gasteiger partial charge in [0.2, 0.25) is 11.8 Å². The van der Waals surface area contributed by atoms with E-state index in [1.807, 2.05) is 62.4 Å². The normalized spacial score (nSPS) is 12.8. The average molecular weight is 512 g/mol. The third-order valence-corrected chi connectivity index (χ3v) is 6.68. The highest BCUT2D eigenvalue weighted by Gasteiger charge is 2.26. The van der Waals surface area contributed by atoms with Crippen LogP contribution >= 0.6 is 39.3 Å². The van der Waals surface area contributed by atoms with E-state index in [4.69, 9.17) is 11.6 Å². The predicted octanol–water partition coefficient (Wildman–Crippen LogP) is 5.67. The van der Waals surface area contributed by atoms with Crippen molar-refractivity contribution in [1.82, 2.24) is 10.2 Å². The summed E-state index contributed by atoms with van der Waals surface area (Å²) in [7, 11) is 0. The molecule has 7 heteroatoms. The zero-order chi connectivity index (χ0) is 22.1. The number of rotatable bonds is 10. The van der Waals surface area contributed by atoms with E-state index < -0.39 is 6.04 Å². The number of nitrogens with zero attached hydrogens (tertiary/aromatic N) is 1. The minimum absolute atomic E-state index is 0.0670. The van der Waals surface area contributed by atoms with Gasteiger partial charge < -0.3 is 10.2 Å². The van der Waals surface area contributed by atoms with Crippen LogP contribution in [0.2, 0.25) is 5.02 Å². The summed E-state index contributed by atoms with van der Waals surface area (Å²) in [5, 5.41) is 3.68. The van der Waals surface area contributed by atoms with Gasteiger partial charge >= 0.3 is 0 Å². The van der Waals surface area contributed by atoms with Crippen molar-refractivity contribution in [2.75, 3.05) is 5.75 Å². The Morgan fingerprint density at radius 1 is 1.17 bits per heavy atom. The van der Waals surface area contributed by atoms with Crippen LogP contribution in [0.25, 0.3) is 0 Å². The van der Waals surface area contributed by atoms with Crippen molar-refractivity contribution in [3.8, 4) is 0 Å². The van der Waals surface area contributed by atoms with E-state index in [2.05, 4.69) is 21.2 Å². The number of benzene rings is 2. The number of carbonyl (C=O) groups excluding carboxylic acids is 2. The summed E-state index contributed by atoms with van der Waals surface area (Å²) in [6.07, 6.45) is 0.839. The third-order valence-electron chi connectivity index (χ3n) is 4.85. The molecule has 30 heavy (non-hydrogen) atoms. The molecule has 1 N–H and O–H groups in total. The van der Waals surface area contributed by atoms with Gasteiger partial charge in [-0.3, -0.25) is 9.59 Å². The Kier molecular flexibility index (Phi) is 10.2. The Morgan fingerprint density at radius 2 is 1.90 bits per heavy atom. The van der Waals surface area contributed by atoms with Gasteiger partial charge in [0.1, 0.15) is 6.04 Å². The van der Waals surface area contributed by atoms with Crippen molar-refractivity contribution in [3.05, 3.63) is 69.2 Å². The van der Waals surface area contributed by atoms with Crippen LogP contribution in [0.5, 0.6) is 0 Å². The fourth-order valence-electron chi connectivity index (χ4n) is 2.83. The maximum atomic E-state index is 13.1. The van der Waals surface area contributed by atoms with E-state index in [0.717, 1.165) is 22.0 Å². The van der Waals surface area contributed by atoms with Crippen LogP contribution < -0.4 is 5.32 Å². The van der Waals surface area contributed by atoms with E-state index in [1.165, 1.54) is 11.8 Å². The Morgan fingerprint density at radius 3 is 2.57 bits per heavy atom. The molecular formula is C23H28BrClN2O2S. The van der Waals surface area contributed by atoms with Gasteiger partial charge in [0.25, 0.3) is 0 Å². The van der Waals surface area contributed by atoms with Crippen molar-refractivity contribution < 1.29 is 9.59 Å². The predicted molar refractivity (Wildman–Crippen MR) is 130 cm³/mol. The number of amides is 2. The molecule has 2 unspecified atom stereocenters. The van der Waals surface area contributed by atoms with Gasteiger partial charge in [0.05, 0.1) is 5.75 Å². The number of hydrogen-bond acceptors (Lipinski definition) is 3. The molecule has 2 atom stereocenters. The first-order chi connectivity index (χ1) is 14.3. The zero-order valence-electron chi connectivity index (χ0n) is 17.5. The number of nitrogens with one attached hydrogen (secondary N) is 1. The summed E-state index contributed by atoms with van der Waals surface area (Å²) in [5.41, 5.74) is 1.97. The first kappa shape index (κ1) is 24.8. The van der Waals surface area contributed by atoms with Gasteiger partial charge in [-0.05, 0) is 49.6 Å². The molecule has 0 saturated heterocycles. The summed E-state index contributed by atoms with van der Waals surface area (Å²) < 4.78 is 0.942. The fraction of sp³-hybridized carbons (Fsp3) is 0.391. The molecule has 0 aliphatic rings. The molecule has 0 spiro atoms. The lowest BCUT2D eigenvalue weighted by molar-refractivity contribution is -0.138. The maximum absolute atomic E-state index is 13.1. The Hall–Kier alpha value is -1.50. The molecule has 4 nitrogen and oxygen atoms in total. The summed E-state index contributed by atoms with van der Waals surface area (Å²) >= 11 is 11.2. The minimum Gasteiger partial charge on any atom is -0.352 e. The summed E-state index contributed by atoms with van der Waals surface area (Å²) in [4.78, 5) is 27.5. The number of halogens is 2. The number of hydrogen-bond donors (Lipinski definition) is 1. The molecule has 0 heterocycles. The highest BCUT2D eigenvalue weighted by Crippen LogP contribution is 2.22. The second-order valence-corrected chi connectivity index (χ2v) is 9.54. The molecule has 2 aromatic rings. The van der Waals surface area contributed by atoms with Crippen LogP contribution in [-0.2, 0) is 21.9 Å². The van der Waals surface area contributed by atoms with E-state index in [9.17, 15) is 9.59 Å².